The van der Waals surface area contributed by atoms with E-state index in [1.54, 1.807) is 6.20 Å². The van der Waals surface area contributed by atoms with Crippen LogP contribution in [0.15, 0.2) is 36.5 Å². The van der Waals surface area contributed by atoms with Gasteiger partial charge in [0.25, 0.3) is 0 Å². The lowest BCUT2D eigenvalue weighted by Gasteiger charge is -2.26. The summed E-state index contributed by atoms with van der Waals surface area (Å²) in [6.07, 6.45) is 0.769. The van der Waals surface area contributed by atoms with Crippen molar-refractivity contribution >= 4 is 23.4 Å². The van der Waals surface area contributed by atoms with Crippen LogP contribution in [0.2, 0.25) is 0 Å². The first-order valence-corrected chi connectivity index (χ1v) is 11.1. The highest BCUT2D eigenvalue weighted by atomic mass is 19.1. The van der Waals surface area contributed by atoms with Crippen LogP contribution < -0.4 is 20.5 Å². The maximum Gasteiger partial charge on any atom is 0.414 e. The largest absolute Gasteiger partial charge is 0.442 e. The van der Waals surface area contributed by atoms with E-state index in [0.717, 1.165) is 11.3 Å². The number of aryl methyl sites for hydroxylation is 1. The highest BCUT2D eigenvalue weighted by Gasteiger charge is 2.33. The van der Waals surface area contributed by atoms with E-state index in [0.29, 0.717) is 44.1 Å². The third kappa shape index (κ3) is 5.58. The van der Waals surface area contributed by atoms with Crippen molar-refractivity contribution in [1.29, 1.82) is 0 Å². The SMILES string of the molecule is CC(=O)NC[C@H]1CN(c2cc(C)c(N3CCNN(Cc4ccccn4)CC3)c(F)c2)C(=O)O1. The fourth-order valence-electron chi connectivity index (χ4n) is 4.19. The van der Waals surface area contributed by atoms with Gasteiger partial charge in [-0.3, -0.25) is 20.1 Å². The van der Waals surface area contributed by atoms with E-state index in [1.807, 2.05) is 36.1 Å². The highest BCUT2D eigenvalue weighted by molar-refractivity contribution is 5.90. The zero-order valence-electron chi connectivity index (χ0n) is 18.9. The van der Waals surface area contributed by atoms with Crippen LogP contribution >= 0.6 is 0 Å². The number of hydrogen-bond donors (Lipinski definition) is 2. The summed E-state index contributed by atoms with van der Waals surface area (Å²) in [5, 5.41) is 4.74. The second-order valence-corrected chi connectivity index (χ2v) is 8.28. The van der Waals surface area contributed by atoms with Crippen LogP contribution in [0.3, 0.4) is 0 Å². The minimum atomic E-state index is -0.541. The Hall–Kier alpha value is -3.24. The van der Waals surface area contributed by atoms with Crippen molar-refractivity contribution in [3.05, 3.63) is 53.6 Å². The van der Waals surface area contributed by atoms with Crippen molar-refractivity contribution in [3.8, 4) is 0 Å². The molecule has 10 heteroatoms. The molecule has 0 spiro atoms. The first-order valence-electron chi connectivity index (χ1n) is 11.1. The summed E-state index contributed by atoms with van der Waals surface area (Å²) in [6.45, 7) is 7.11. The lowest BCUT2D eigenvalue weighted by molar-refractivity contribution is -0.119. The molecule has 176 valence electrons. The molecule has 0 aliphatic carbocycles. The molecule has 2 N–H and O–H groups in total. The Morgan fingerprint density at radius 2 is 2.15 bits per heavy atom. The third-order valence-corrected chi connectivity index (χ3v) is 5.76. The molecule has 2 aliphatic rings. The Morgan fingerprint density at radius 3 is 2.88 bits per heavy atom. The van der Waals surface area contributed by atoms with E-state index < -0.39 is 12.2 Å². The number of hydrogen-bond acceptors (Lipinski definition) is 7. The molecule has 0 saturated carbocycles. The number of nitrogens with zero attached hydrogens (tertiary/aromatic N) is 4. The number of nitrogens with one attached hydrogen (secondary N) is 2. The van der Waals surface area contributed by atoms with Crippen LogP contribution in [0.25, 0.3) is 0 Å². The van der Waals surface area contributed by atoms with Crippen molar-refractivity contribution in [2.45, 2.75) is 26.5 Å². The molecule has 33 heavy (non-hydrogen) atoms. The Morgan fingerprint density at radius 1 is 1.30 bits per heavy atom. The maximum atomic E-state index is 15.3. The van der Waals surface area contributed by atoms with Crippen LogP contribution in [-0.2, 0) is 16.1 Å². The molecule has 4 rings (SSSR count). The molecule has 2 amide bonds. The van der Waals surface area contributed by atoms with E-state index in [4.69, 9.17) is 4.74 Å². The number of rotatable bonds is 6. The monoisotopic (exact) mass is 456 g/mol. The van der Waals surface area contributed by atoms with Crippen molar-refractivity contribution in [3.63, 3.8) is 0 Å². The fourth-order valence-corrected chi connectivity index (χ4v) is 4.19. The number of pyridine rings is 1. The molecule has 1 aromatic carbocycles. The lowest BCUT2D eigenvalue weighted by Crippen LogP contribution is -2.38. The molecule has 2 aliphatic heterocycles. The van der Waals surface area contributed by atoms with Crippen LogP contribution in [0.4, 0.5) is 20.6 Å². The molecule has 0 bridgehead atoms. The van der Waals surface area contributed by atoms with Gasteiger partial charge in [0.15, 0.2) is 0 Å². The molecule has 0 unspecified atom stereocenters. The Labute approximate surface area is 192 Å². The number of carbonyl (C=O) groups excluding carboxylic acids is 2. The highest BCUT2D eigenvalue weighted by Crippen LogP contribution is 2.31. The molecule has 9 nitrogen and oxygen atoms in total. The first kappa shape index (κ1) is 22.9. The number of anilines is 2. The van der Waals surface area contributed by atoms with E-state index >= 15 is 4.39 Å². The second kappa shape index (κ2) is 10.1. The normalized spacial score (nSPS) is 19.4. The van der Waals surface area contributed by atoms with Crippen molar-refractivity contribution in [1.82, 2.24) is 20.7 Å². The minimum absolute atomic E-state index is 0.193. The number of cyclic esters (lactones) is 1. The van der Waals surface area contributed by atoms with Gasteiger partial charge in [-0.05, 0) is 36.8 Å². The number of halogens is 1. The van der Waals surface area contributed by atoms with Crippen molar-refractivity contribution in [2.24, 2.45) is 0 Å². The van der Waals surface area contributed by atoms with E-state index in [2.05, 4.69) is 20.7 Å². The third-order valence-electron chi connectivity index (χ3n) is 5.76. The molecule has 0 radical (unpaired) electrons. The zero-order chi connectivity index (χ0) is 23.4. The Bertz CT molecular complexity index is 982. The van der Waals surface area contributed by atoms with Gasteiger partial charge in [0.2, 0.25) is 5.91 Å². The van der Waals surface area contributed by atoms with Crippen molar-refractivity contribution in [2.75, 3.05) is 49.1 Å². The number of benzene rings is 1. The summed E-state index contributed by atoms with van der Waals surface area (Å²) in [7, 11) is 0. The number of amides is 2. The summed E-state index contributed by atoms with van der Waals surface area (Å²) in [4.78, 5) is 31.2. The zero-order valence-corrected chi connectivity index (χ0v) is 18.9. The number of hydrazine groups is 1. The van der Waals surface area contributed by atoms with Gasteiger partial charge in [0, 0.05) is 39.3 Å². The van der Waals surface area contributed by atoms with Gasteiger partial charge in [0.1, 0.15) is 11.9 Å². The van der Waals surface area contributed by atoms with Crippen LogP contribution in [0.5, 0.6) is 0 Å². The second-order valence-electron chi connectivity index (χ2n) is 8.28. The Kier molecular flexibility index (Phi) is 7.05. The van der Waals surface area contributed by atoms with Crippen LogP contribution in [-0.4, -0.2) is 67.4 Å². The number of carbonyl (C=O) groups is 2. The molecule has 1 atom stereocenters. The number of ether oxygens (including phenoxy) is 1. The van der Waals surface area contributed by atoms with Gasteiger partial charge in [-0.2, -0.15) is 0 Å². The molecule has 2 aromatic rings. The summed E-state index contributed by atoms with van der Waals surface area (Å²) >= 11 is 0. The molecular weight excluding hydrogens is 427 g/mol. The topological polar surface area (TPSA) is 90.0 Å². The van der Waals surface area contributed by atoms with Crippen molar-refractivity contribution < 1.29 is 18.7 Å². The molecular formula is C23H29FN6O3. The smallest absolute Gasteiger partial charge is 0.414 e. The fraction of sp³-hybridized carbons (Fsp3) is 0.435. The quantitative estimate of drug-likeness (QED) is 0.685. The molecule has 1 aromatic heterocycles. The van der Waals surface area contributed by atoms with Gasteiger partial charge in [0.05, 0.1) is 36.7 Å². The van der Waals surface area contributed by atoms with E-state index in [1.165, 1.54) is 17.9 Å². The molecule has 2 fully saturated rings. The summed E-state index contributed by atoms with van der Waals surface area (Å²) < 4.78 is 20.6. The van der Waals surface area contributed by atoms with Gasteiger partial charge in [-0.25, -0.2) is 14.2 Å². The Balaban J connectivity index is 1.43. The standard InChI is InChI=1S/C23H29FN6O3/c1-16-11-19(30-15-20(33-23(30)32)13-26-17(2)31)12-21(24)22(16)28-8-7-27-29(10-9-28)14-18-5-3-4-6-25-18/h3-6,11-12,20,27H,7-10,13-15H2,1-2H3,(H,26,31)/t20-/m0/s1. The summed E-state index contributed by atoms with van der Waals surface area (Å²) in [6, 6.07) is 9.03. The molecule has 3 heterocycles. The predicted molar refractivity (Wildman–Crippen MR) is 122 cm³/mol. The van der Waals surface area contributed by atoms with E-state index in [-0.39, 0.29) is 24.8 Å². The van der Waals surface area contributed by atoms with Gasteiger partial charge in [-0.1, -0.05) is 6.07 Å². The first-order chi connectivity index (χ1) is 15.9. The minimum Gasteiger partial charge on any atom is -0.442 e. The van der Waals surface area contributed by atoms with Crippen LogP contribution in [0, 0.1) is 12.7 Å². The van der Waals surface area contributed by atoms with Crippen LogP contribution in [0.1, 0.15) is 18.2 Å². The lowest BCUT2D eigenvalue weighted by atomic mass is 10.1. The average molecular weight is 457 g/mol. The maximum absolute atomic E-state index is 15.3. The van der Waals surface area contributed by atoms with Gasteiger partial charge < -0.3 is 15.0 Å². The summed E-state index contributed by atoms with van der Waals surface area (Å²) in [5.74, 6) is -0.567. The average Bonchev–Trinajstić information content (AvgIpc) is 3.01. The number of aromatic nitrogens is 1. The van der Waals surface area contributed by atoms with Gasteiger partial charge >= 0.3 is 6.09 Å². The predicted octanol–water partition coefficient (Wildman–Crippen LogP) is 1.82. The van der Waals surface area contributed by atoms with E-state index in [9.17, 15) is 9.59 Å². The summed E-state index contributed by atoms with van der Waals surface area (Å²) in [5.41, 5.74) is 6.10. The van der Waals surface area contributed by atoms with Gasteiger partial charge in [-0.15, -0.1) is 0 Å². The molecule has 2 saturated heterocycles.